The molecule has 0 saturated heterocycles. The van der Waals surface area contributed by atoms with Crippen LogP contribution in [0.5, 0.6) is 5.75 Å². The van der Waals surface area contributed by atoms with Crippen LogP contribution in [0.1, 0.15) is 35.6 Å². The number of carbonyl (C=O) groups excluding carboxylic acids is 4. The number of anilines is 2. The third-order valence-corrected chi connectivity index (χ3v) is 4.51. The van der Waals surface area contributed by atoms with Gasteiger partial charge >= 0.3 is 0 Å². The number of hydrogen-bond donors (Lipinski definition) is 3. The van der Waals surface area contributed by atoms with Gasteiger partial charge in [-0.15, -0.1) is 0 Å². The number of hydrazine groups is 1. The molecule has 2 rings (SSSR count). The quantitative estimate of drug-likeness (QED) is 0.253. The second-order valence-electron chi connectivity index (χ2n) is 5.67. The minimum absolute atomic E-state index is 0.245. The maximum Gasteiger partial charge on any atom is 0.292 e. The van der Waals surface area contributed by atoms with E-state index in [2.05, 4.69) is 21.2 Å². The zero-order valence-electron chi connectivity index (χ0n) is 15.6. The topological polar surface area (TPSA) is 126 Å². The number of Topliss-reactive ketones (excluding diaryl/α,β-unsaturated/α-hetero) is 2. The fourth-order valence-corrected chi connectivity index (χ4v) is 3.02. The number of nitrogens with zero attached hydrogens (tertiary/aromatic N) is 1. The van der Waals surface area contributed by atoms with E-state index < -0.39 is 23.9 Å². The number of amides is 2. The summed E-state index contributed by atoms with van der Waals surface area (Å²) in [5.41, 5.74) is 5.74. The van der Waals surface area contributed by atoms with Gasteiger partial charge in [-0.05, 0) is 38.1 Å². The molecule has 148 valence electrons. The van der Waals surface area contributed by atoms with E-state index in [1.54, 1.807) is 31.2 Å². The molecule has 0 fully saturated rings. The molecule has 9 nitrogen and oxygen atoms in total. The van der Waals surface area contributed by atoms with Crippen molar-refractivity contribution in [1.29, 1.82) is 0 Å². The van der Waals surface area contributed by atoms with Crippen molar-refractivity contribution < 1.29 is 23.9 Å². The summed E-state index contributed by atoms with van der Waals surface area (Å²) in [6.07, 6.45) is -0.578. The molecule has 0 atom stereocenters. The smallest absolute Gasteiger partial charge is 0.292 e. The van der Waals surface area contributed by atoms with E-state index in [0.29, 0.717) is 28.9 Å². The Kier molecular flexibility index (Phi) is 7.21. The predicted octanol–water partition coefficient (Wildman–Crippen LogP) is 2.09. The summed E-state index contributed by atoms with van der Waals surface area (Å²) in [5.74, 6) is -1.93. The first-order chi connectivity index (χ1) is 13.3. The van der Waals surface area contributed by atoms with Crippen LogP contribution < -0.4 is 20.9 Å². The van der Waals surface area contributed by atoms with Crippen molar-refractivity contribution in [3.63, 3.8) is 0 Å². The number of carbonyl (C=O) groups is 4. The average Bonchev–Trinajstić information content (AvgIpc) is 3.02. The molecular weight excluding hydrogens is 384 g/mol. The summed E-state index contributed by atoms with van der Waals surface area (Å²) in [6, 6.07) is 6.54. The minimum Gasteiger partial charge on any atom is -0.494 e. The molecule has 2 amide bonds. The zero-order chi connectivity index (χ0) is 20.7. The second kappa shape index (κ2) is 9.60. The zero-order valence-corrected chi connectivity index (χ0v) is 16.4. The van der Waals surface area contributed by atoms with Crippen molar-refractivity contribution >= 4 is 45.5 Å². The molecule has 0 unspecified atom stereocenters. The molecule has 0 radical (unpaired) electrons. The molecule has 3 N–H and O–H groups in total. The summed E-state index contributed by atoms with van der Waals surface area (Å²) in [7, 11) is 0. The highest BCUT2D eigenvalue weighted by Crippen LogP contribution is 2.23. The highest BCUT2D eigenvalue weighted by molar-refractivity contribution is 7.17. The van der Waals surface area contributed by atoms with E-state index in [-0.39, 0.29) is 10.8 Å². The number of hydrogen-bond acceptors (Lipinski definition) is 8. The maximum atomic E-state index is 12.3. The molecule has 0 spiro atoms. The Morgan fingerprint density at radius 1 is 1.14 bits per heavy atom. The molecule has 0 aliphatic carbocycles. The van der Waals surface area contributed by atoms with Crippen molar-refractivity contribution in [3.8, 4) is 5.75 Å². The lowest BCUT2D eigenvalue weighted by atomic mass is 10.1. The van der Waals surface area contributed by atoms with Crippen LogP contribution in [0.4, 0.5) is 10.8 Å². The van der Waals surface area contributed by atoms with E-state index >= 15 is 0 Å². The summed E-state index contributed by atoms with van der Waals surface area (Å²) >= 11 is 0.989. The molecular formula is C18H20N4O5S. The van der Waals surface area contributed by atoms with E-state index in [1.165, 1.54) is 6.92 Å². The van der Waals surface area contributed by atoms with Crippen molar-refractivity contribution in [1.82, 2.24) is 10.4 Å². The van der Waals surface area contributed by atoms with Crippen molar-refractivity contribution in [3.05, 3.63) is 34.8 Å². The first-order valence-electron chi connectivity index (χ1n) is 8.40. The van der Waals surface area contributed by atoms with Gasteiger partial charge in [0.25, 0.3) is 5.91 Å². The first kappa shape index (κ1) is 21.0. The molecule has 1 aromatic heterocycles. The lowest BCUT2D eigenvalue weighted by Gasteiger charge is -2.06. The number of ether oxygens (including phenoxy) is 1. The van der Waals surface area contributed by atoms with Gasteiger partial charge < -0.3 is 10.1 Å². The number of benzene rings is 1. The summed E-state index contributed by atoms with van der Waals surface area (Å²) in [6.45, 7) is 5.30. The fourth-order valence-electron chi connectivity index (χ4n) is 2.16. The monoisotopic (exact) mass is 404 g/mol. The second-order valence-corrected chi connectivity index (χ2v) is 6.67. The standard InChI is InChI=1S/C18H20N4O5S/c1-4-27-13-7-5-12(6-8-13)20-17(26)15(25)9-14(24)16-10(2)19-18(28-16)22-21-11(3)23/h5-8H,4,9H2,1-3H3,(H,19,22)(H,20,26)(H,21,23). The van der Waals surface area contributed by atoms with Crippen LogP contribution in [0.2, 0.25) is 0 Å². The first-order valence-corrected chi connectivity index (χ1v) is 9.22. The SMILES string of the molecule is CCOc1ccc(NC(=O)C(=O)CC(=O)c2sc(NNC(C)=O)nc2C)cc1. The maximum absolute atomic E-state index is 12.3. The highest BCUT2D eigenvalue weighted by Gasteiger charge is 2.22. The fraction of sp³-hybridized carbons (Fsp3) is 0.278. The summed E-state index contributed by atoms with van der Waals surface area (Å²) in [5, 5.41) is 2.76. The third kappa shape index (κ3) is 5.88. The number of nitrogens with one attached hydrogen (secondary N) is 3. The van der Waals surface area contributed by atoms with Crippen LogP contribution in [0.3, 0.4) is 0 Å². The molecule has 0 aliphatic rings. The predicted molar refractivity (Wildman–Crippen MR) is 104 cm³/mol. The largest absolute Gasteiger partial charge is 0.494 e. The van der Waals surface area contributed by atoms with Gasteiger partial charge in [-0.2, -0.15) is 0 Å². The van der Waals surface area contributed by atoms with Crippen LogP contribution in [0.15, 0.2) is 24.3 Å². The Bertz CT molecular complexity index is 892. The van der Waals surface area contributed by atoms with Gasteiger partial charge in [-0.25, -0.2) is 4.98 Å². The van der Waals surface area contributed by atoms with E-state index in [1.807, 2.05) is 6.92 Å². The molecule has 1 aromatic carbocycles. The molecule has 0 saturated carbocycles. The molecule has 10 heteroatoms. The van der Waals surface area contributed by atoms with E-state index in [9.17, 15) is 19.2 Å². The number of thiazole rings is 1. The van der Waals surface area contributed by atoms with Crippen molar-refractivity contribution in [2.45, 2.75) is 27.2 Å². The van der Waals surface area contributed by atoms with Gasteiger partial charge in [0.15, 0.2) is 5.78 Å². The number of rotatable bonds is 9. The van der Waals surface area contributed by atoms with Gasteiger partial charge in [0.05, 0.1) is 23.6 Å². The lowest BCUT2D eigenvalue weighted by Crippen LogP contribution is -2.26. The molecule has 1 heterocycles. The van der Waals surface area contributed by atoms with E-state index in [4.69, 9.17) is 4.74 Å². The van der Waals surface area contributed by atoms with Crippen LogP contribution in [-0.4, -0.2) is 35.0 Å². The molecule has 0 bridgehead atoms. The Hall–Kier alpha value is -3.27. The molecule has 2 aromatic rings. The van der Waals surface area contributed by atoms with E-state index in [0.717, 1.165) is 11.3 Å². The molecule has 0 aliphatic heterocycles. The Morgan fingerprint density at radius 3 is 2.43 bits per heavy atom. The number of aromatic nitrogens is 1. The number of aryl methyl sites for hydroxylation is 1. The number of ketones is 2. The third-order valence-electron chi connectivity index (χ3n) is 3.39. The normalized spacial score (nSPS) is 10.1. The highest BCUT2D eigenvalue weighted by atomic mass is 32.1. The van der Waals surface area contributed by atoms with Crippen LogP contribution in [0, 0.1) is 6.92 Å². The van der Waals surface area contributed by atoms with Gasteiger partial charge in [0.1, 0.15) is 5.75 Å². The summed E-state index contributed by atoms with van der Waals surface area (Å²) < 4.78 is 5.30. The lowest BCUT2D eigenvalue weighted by molar-refractivity contribution is -0.134. The van der Waals surface area contributed by atoms with Gasteiger partial charge in [-0.3, -0.25) is 30.0 Å². The van der Waals surface area contributed by atoms with Crippen LogP contribution in [0.25, 0.3) is 0 Å². The Labute approximate surface area is 165 Å². The van der Waals surface area contributed by atoms with Crippen molar-refractivity contribution in [2.75, 3.05) is 17.3 Å². The van der Waals surface area contributed by atoms with Crippen molar-refractivity contribution in [2.24, 2.45) is 0 Å². The average molecular weight is 404 g/mol. The van der Waals surface area contributed by atoms with Crippen LogP contribution >= 0.6 is 11.3 Å². The molecule has 28 heavy (non-hydrogen) atoms. The van der Waals surface area contributed by atoms with Crippen LogP contribution in [-0.2, 0) is 14.4 Å². The Morgan fingerprint density at radius 2 is 1.82 bits per heavy atom. The van der Waals surface area contributed by atoms with Gasteiger partial charge in [0.2, 0.25) is 16.8 Å². The van der Waals surface area contributed by atoms with Gasteiger partial charge in [-0.1, -0.05) is 11.3 Å². The minimum atomic E-state index is -0.878. The van der Waals surface area contributed by atoms with Gasteiger partial charge in [0, 0.05) is 12.6 Å². The summed E-state index contributed by atoms with van der Waals surface area (Å²) in [4.78, 5) is 51.7. The Balaban J connectivity index is 1.95.